The molecule has 5 heteroatoms. The Balaban J connectivity index is 2.35. The van der Waals surface area contributed by atoms with E-state index in [4.69, 9.17) is 5.73 Å². The van der Waals surface area contributed by atoms with Gasteiger partial charge in [-0.1, -0.05) is 27.7 Å². The molecule has 5 nitrogen and oxygen atoms in total. The molecule has 0 aliphatic heterocycles. The number of nitrogens with zero attached hydrogens (tertiary/aromatic N) is 2. The Hall–Kier alpha value is -2.04. The third kappa shape index (κ3) is 3.54. The zero-order chi connectivity index (χ0) is 15.6. The summed E-state index contributed by atoms with van der Waals surface area (Å²) in [4.78, 5) is 14.7. The first-order chi connectivity index (χ1) is 9.88. The predicted octanol–water partition coefficient (Wildman–Crippen LogP) is 2.90. The van der Waals surface area contributed by atoms with Crippen LogP contribution in [0, 0.1) is 11.8 Å². The van der Waals surface area contributed by atoms with Gasteiger partial charge in [0, 0.05) is 24.2 Å². The zero-order valence-corrected chi connectivity index (χ0v) is 13.2. The monoisotopic (exact) mass is 288 g/mol. The molecule has 2 aromatic rings. The normalized spacial score (nSPS) is 11.5. The Morgan fingerprint density at radius 3 is 2.43 bits per heavy atom. The van der Waals surface area contributed by atoms with Gasteiger partial charge in [-0.3, -0.25) is 9.89 Å². The second-order valence-corrected chi connectivity index (χ2v) is 6.38. The Morgan fingerprint density at radius 2 is 1.86 bits per heavy atom. The van der Waals surface area contributed by atoms with Crippen LogP contribution >= 0.6 is 0 Å². The maximum Gasteiger partial charge on any atom is 0.275 e. The van der Waals surface area contributed by atoms with Gasteiger partial charge in [-0.05, 0) is 30.0 Å². The molecular formula is C16H24N4O. The first-order valence-corrected chi connectivity index (χ1v) is 7.41. The minimum Gasteiger partial charge on any atom is -0.399 e. The van der Waals surface area contributed by atoms with E-state index in [1.165, 1.54) is 0 Å². The number of rotatable bonds is 5. The van der Waals surface area contributed by atoms with E-state index < -0.39 is 0 Å². The third-order valence-corrected chi connectivity index (χ3v) is 3.25. The number of nitrogens with one attached hydrogen (secondary N) is 1. The Bertz CT molecular complexity index is 620. The van der Waals surface area contributed by atoms with E-state index in [9.17, 15) is 4.79 Å². The van der Waals surface area contributed by atoms with Crippen molar-refractivity contribution in [3.63, 3.8) is 0 Å². The van der Waals surface area contributed by atoms with Crippen molar-refractivity contribution in [2.24, 2.45) is 11.8 Å². The smallest absolute Gasteiger partial charge is 0.275 e. The highest BCUT2D eigenvalue weighted by atomic mass is 16.2. The minimum atomic E-state index is -0.0331. The molecule has 114 valence electrons. The standard InChI is InChI=1S/C16H24N4O/c1-10(2)8-20(9-11(3)4)16(21)15-13-7-12(17)5-6-14(13)18-19-15/h5-7,10-11H,8-9,17H2,1-4H3,(H,18,19). The maximum absolute atomic E-state index is 12.8. The fourth-order valence-corrected chi connectivity index (χ4v) is 2.47. The second kappa shape index (κ2) is 6.16. The molecule has 0 spiro atoms. The van der Waals surface area contributed by atoms with E-state index in [-0.39, 0.29) is 5.91 Å². The van der Waals surface area contributed by atoms with Gasteiger partial charge in [0.1, 0.15) is 0 Å². The van der Waals surface area contributed by atoms with E-state index in [2.05, 4.69) is 37.9 Å². The molecule has 0 atom stereocenters. The molecular weight excluding hydrogens is 264 g/mol. The second-order valence-electron chi connectivity index (χ2n) is 6.38. The van der Waals surface area contributed by atoms with Gasteiger partial charge in [-0.25, -0.2) is 0 Å². The number of nitrogen functional groups attached to an aromatic ring is 1. The summed E-state index contributed by atoms with van der Waals surface area (Å²) < 4.78 is 0. The molecule has 0 fully saturated rings. The number of H-pyrrole nitrogens is 1. The van der Waals surface area contributed by atoms with Gasteiger partial charge in [0.2, 0.25) is 0 Å². The lowest BCUT2D eigenvalue weighted by Gasteiger charge is -2.25. The number of aromatic amines is 1. The summed E-state index contributed by atoms with van der Waals surface area (Å²) in [6, 6.07) is 5.45. The molecule has 1 aromatic heterocycles. The SMILES string of the molecule is CC(C)CN(CC(C)C)C(=O)c1n[nH]c2ccc(N)cc12. The van der Waals surface area contributed by atoms with E-state index in [0.717, 1.165) is 24.0 Å². The summed E-state index contributed by atoms with van der Waals surface area (Å²) in [5, 5.41) is 7.89. The van der Waals surface area contributed by atoms with Crippen LogP contribution in [0.4, 0.5) is 5.69 Å². The highest BCUT2D eigenvalue weighted by Gasteiger charge is 2.22. The molecule has 21 heavy (non-hydrogen) atoms. The quantitative estimate of drug-likeness (QED) is 0.831. The van der Waals surface area contributed by atoms with Crippen molar-refractivity contribution in [3.8, 4) is 0 Å². The van der Waals surface area contributed by atoms with E-state index >= 15 is 0 Å². The summed E-state index contributed by atoms with van der Waals surface area (Å²) in [7, 11) is 0. The Morgan fingerprint density at radius 1 is 1.24 bits per heavy atom. The van der Waals surface area contributed by atoms with E-state index in [1.807, 2.05) is 11.0 Å². The van der Waals surface area contributed by atoms with Crippen molar-refractivity contribution in [3.05, 3.63) is 23.9 Å². The molecule has 0 saturated heterocycles. The van der Waals surface area contributed by atoms with Crippen LogP contribution in [-0.4, -0.2) is 34.1 Å². The molecule has 0 radical (unpaired) electrons. The van der Waals surface area contributed by atoms with Crippen molar-refractivity contribution in [2.45, 2.75) is 27.7 Å². The predicted molar refractivity (Wildman–Crippen MR) is 86.1 cm³/mol. The van der Waals surface area contributed by atoms with E-state index in [1.54, 1.807) is 12.1 Å². The number of fused-ring (bicyclic) bond motifs is 1. The number of hydrogen-bond donors (Lipinski definition) is 2. The van der Waals surface area contributed by atoms with Gasteiger partial charge in [-0.15, -0.1) is 0 Å². The lowest BCUT2D eigenvalue weighted by atomic mass is 10.1. The summed E-state index contributed by atoms with van der Waals surface area (Å²) in [5.41, 5.74) is 7.75. The number of carbonyl (C=O) groups is 1. The molecule has 0 unspecified atom stereocenters. The number of anilines is 1. The van der Waals surface area contributed by atoms with Gasteiger partial charge in [-0.2, -0.15) is 5.10 Å². The van der Waals surface area contributed by atoms with Crippen LogP contribution in [0.25, 0.3) is 10.9 Å². The number of benzene rings is 1. The molecule has 2 rings (SSSR count). The number of amides is 1. The van der Waals surface area contributed by atoms with Crippen LogP contribution < -0.4 is 5.73 Å². The van der Waals surface area contributed by atoms with Gasteiger partial charge < -0.3 is 10.6 Å². The molecule has 0 saturated carbocycles. The number of carbonyl (C=O) groups excluding carboxylic acids is 1. The summed E-state index contributed by atoms with van der Waals surface area (Å²) in [5.74, 6) is 0.806. The van der Waals surface area contributed by atoms with Crippen LogP contribution in [0.2, 0.25) is 0 Å². The minimum absolute atomic E-state index is 0.0331. The summed E-state index contributed by atoms with van der Waals surface area (Å²) in [6.45, 7) is 9.91. The topological polar surface area (TPSA) is 75.0 Å². The van der Waals surface area contributed by atoms with Crippen LogP contribution in [0.15, 0.2) is 18.2 Å². The Labute approximate surface area is 125 Å². The van der Waals surface area contributed by atoms with Gasteiger partial charge in [0.25, 0.3) is 5.91 Å². The van der Waals surface area contributed by atoms with Crippen LogP contribution in [0.1, 0.15) is 38.2 Å². The summed E-state index contributed by atoms with van der Waals surface area (Å²) >= 11 is 0. The van der Waals surface area contributed by atoms with Crippen molar-refractivity contribution < 1.29 is 4.79 Å². The fraction of sp³-hybridized carbons (Fsp3) is 0.500. The molecule has 1 amide bonds. The van der Waals surface area contributed by atoms with Crippen molar-refractivity contribution in [1.29, 1.82) is 0 Å². The lowest BCUT2D eigenvalue weighted by Crippen LogP contribution is -2.37. The van der Waals surface area contributed by atoms with E-state index in [0.29, 0.717) is 23.2 Å². The molecule has 0 bridgehead atoms. The Kier molecular flexibility index (Phi) is 4.50. The van der Waals surface area contributed by atoms with Gasteiger partial charge in [0.05, 0.1) is 5.52 Å². The molecule has 0 aliphatic rings. The van der Waals surface area contributed by atoms with Crippen molar-refractivity contribution in [1.82, 2.24) is 15.1 Å². The van der Waals surface area contributed by atoms with Crippen molar-refractivity contribution >= 4 is 22.5 Å². The third-order valence-electron chi connectivity index (χ3n) is 3.25. The average Bonchev–Trinajstić information content (AvgIpc) is 2.78. The van der Waals surface area contributed by atoms with Crippen LogP contribution in [0.5, 0.6) is 0 Å². The molecule has 0 aliphatic carbocycles. The van der Waals surface area contributed by atoms with Crippen LogP contribution in [-0.2, 0) is 0 Å². The first kappa shape index (κ1) is 15.4. The van der Waals surface area contributed by atoms with Crippen LogP contribution in [0.3, 0.4) is 0 Å². The summed E-state index contributed by atoms with van der Waals surface area (Å²) in [6.07, 6.45) is 0. The fourth-order valence-electron chi connectivity index (χ4n) is 2.47. The lowest BCUT2D eigenvalue weighted by molar-refractivity contribution is 0.0711. The van der Waals surface area contributed by atoms with Crippen molar-refractivity contribution in [2.75, 3.05) is 18.8 Å². The number of hydrogen-bond acceptors (Lipinski definition) is 3. The number of aromatic nitrogens is 2. The zero-order valence-electron chi connectivity index (χ0n) is 13.2. The molecule has 1 heterocycles. The molecule has 1 aromatic carbocycles. The van der Waals surface area contributed by atoms with Gasteiger partial charge >= 0.3 is 0 Å². The first-order valence-electron chi connectivity index (χ1n) is 7.41. The highest BCUT2D eigenvalue weighted by molar-refractivity contribution is 6.05. The van der Waals surface area contributed by atoms with Gasteiger partial charge in [0.15, 0.2) is 5.69 Å². The average molecular weight is 288 g/mol. The number of nitrogens with two attached hydrogens (primary N) is 1. The largest absolute Gasteiger partial charge is 0.399 e. The molecule has 3 N–H and O–H groups in total. The maximum atomic E-state index is 12.8. The highest BCUT2D eigenvalue weighted by Crippen LogP contribution is 2.21.